The van der Waals surface area contributed by atoms with Gasteiger partial charge in [0, 0.05) is 34.6 Å². The number of benzene rings is 3. The van der Waals surface area contributed by atoms with E-state index in [-0.39, 0.29) is 17.7 Å². The molecule has 0 radical (unpaired) electrons. The Balaban J connectivity index is 1.60. The molecule has 158 valence electrons. The van der Waals surface area contributed by atoms with Crippen LogP contribution in [0, 0.1) is 6.92 Å². The van der Waals surface area contributed by atoms with Crippen molar-refractivity contribution in [1.82, 2.24) is 5.32 Å². The largest absolute Gasteiger partial charge is 0.464 e. The summed E-state index contributed by atoms with van der Waals surface area (Å²) in [4.78, 5) is 28.9. The fraction of sp³-hybridized carbons (Fsp3) is 0.148. The van der Waals surface area contributed by atoms with Crippen molar-refractivity contribution in [2.45, 2.75) is 25.7 Å². The van der Waals surface area contributed by atoms with Gasteiger partial charge in [0.25, 0.3) is 0 Å². The molecule has 1 N–H and O–H groups in total. The van der Waals surface area contributed by atoms with Crippen molar-refractivity contribution in [3.8, 4) is 0 Å². The Morgan fingerprint density at radius 1 is 0.969 bits per heavy atom. The van der Waals surface area contributed by atoms with Crippen LogP contribution in [0.25, 0.3) is 11.0 Å². The van der Waals surface area contributed by atoms with E-state index in [0.29, 0.717) is 18.4 Å². The topological polar surface area (TPSA) is 71.7 Å². The summed E-state index contributed by atoms with van der Waals surface area (Å²) in [5, 5.41) is 3.32. The second-order valence-corrected chi connectivity index (χ2v) is 8.02. The van der Waals surface area contributed by atoms with Gasteiger partial charge in [0.1, 0.15) is 5.58 Å². The number of rotatable bonds is 4. The summed E-state index contributed by atoms with van der Waals surface area (Å²) < 4.78 is 5.83. The molecule has 0 bridgehead atoms. The Morgan fingerprint density at radius 2 is 1.62 bits per heavy atom. The third kappa shape index (κ3) is 3.73. The van der Waals surface area contributed by atoms with Crippen LogP contribution >= 0.6 is 0 Å². The van der Waals surface area contributed by atoms with Crippen LogP contribution in [0.2, 0.25) is 0 Å². The van der Waals surface area contributed by atoms with Crippen molar-refractivity contribution >= 4 is 34.2 Å². The standard InChI is InChI=1S/C27H22N2O3/c1-17-14-21-22(20-12-13-25(30)29-27(20)31)16-32-24(21)15-23(17)28-26(18-8-4-2-5-9-18)19-10-6-3-7-11-19/h2-11,14-16,20H,12-13H2,1H3,(H,29,30,31). The van der Waals surface area contributed by atoms with Crippen molar-refractivity contribution in [3.05, 3.63) is 101 Å². The lowest BCUT2D eigenvalue weighted by molar-refractivity contribution is -0.134. The number of imide groups is 1. The van der Waals surface area contributed by atoms with E-state index in [2.05, 4.69) is 5.32 Å². The monoisotopic (exact) mass is 422 g/mol. The van der Waals surface area contributed by atoms with Crippen LogP contribution in [0.4, 0.5) is 5.69 Å². The molecule has 1 aliphatic heterocycles. The minimum Gasteiger partial charge on any atom is -0.464 e. The molecule has 4 aromatic rings. The Bertz CT molecular complexity index is 1300. The highest BCUT2D eigenvalue weighted by atomic mass is 16.3. The molecule has 5 nitrogen and oxygen atoms in total. The number of amides is 2. The van der Waals surface area contributed by atoms with Gasteiger partial charge in [-0.15, -0.1) is 0 Å². The van der Waals surface area contributed by atoms with Crippen molar-refractivity contribution in [1.29, 1.82) is 0 Å². The lowest BCUT2D eigenvalue weighted by Gasteiger charge is -2.20. The Kier molecular flexibility index (Phi) is 5.15. The molecule has 3 aromatic carbocycles. The molecular weight excluding hydrogens is 400 g/mol. The quantitative estimate of drug-likeness (QED) is 0.352. The van der Waals surface area contributed by atoms with E-state index in [0.717, 1.165) is 39.0 Å². The summed E-state index contributed by atoms with van der Waals surface area (Å²) in [6, 6.07) is 24.1. The van der Waals surface area contributed by atoms with E-state index in [1.165, 1.54) is 0 Å². The maximum absolute atomic E-state index is 12.4. The molecule has 5 heteroatoms. The van der Waals surface area contributed by atoms with Crippen LogP contribution in [-0.4, -0.2) is 17.5 Å². The first-order chi connectivity index (χ1) is 15.6. The van der Waals surface area contributed by atoms with Gasteiger partial charge in [-0.1, -0.05) is 60.7 Å². The summed E-state index contributed by atoms with van der Waals surface area (Å²) in [6.45, 7) is 2.01. The van der Waals surface area contributed by atoms with E-state index >= 15 is 0 Å². The zero-order valence-corrected chi connectivity index (χ0v) is 17.7. The van der Waals surface area contributed by atoms with E-state index in [4.69, 9.17) is 9.41 Å². The van der Waals surface area contributed by atoms with Crippen LogP contribution in [0.1, 0.15) is 41.0 Å². The number of fused-ring (bicyclic) bond motifs is 1. The maximum atomic E-state index is 12.4. The van der Waals surface area contributed by atoms with Gasteiger partial charge in [0.05, 0.1) is 23.6 Å². The molecule has 0 spiro atoms. The van der Waals surface area contributed by atoms with E-state index < -0.39 is 0 Å². The molecule has 32 heavy (non-hydrogen) atoms. The molecular formula is C27H22N2O3. The number of aliphatic imine (C=N–C) groups is 1. The van der Waals surface area contributed by atoms with Gasteiger partial charge in [-0.2, -0.15) is 0 Å². The Morgan fingerprint density at radius 3 is 2.25 bits per heavy atom. The lowest BCUT2D eigenvalue weighted by Crippen LogP contribution is -2.39. The fourth-order valence-electron chi connectivity index (χ4n) is 4.18. The molecule has 1 saturated heterocycles. The summed E-state index contributed by atoms with van der Waals surface area (Å²) in [5.74, 6) is -0.868. The fourth-order valence-corrected chi connectivity index (χ4v) is 4.18. The van der Waals surface area contributed by atoms with Crippen molar-refractivity contribution in [3.63, 3.8) is 0 Å². The molecule has 0 aliphatic carbocycles. The zero-order valence-electron chi connectivity index (χ0n) is 17.7. The van der Waals surface area contributed by atoms with Gasteiger partial charge in [-0.05, 0) is 25.0 Å². The van der Waals surface area contributed by atoms with Gasteiger partial charge in [-0.25, -0.2) is 4.99 Å². The molecule has 1 atom stereocenters. The summed E-state index contributed by atoms with van der Waals surface area (Å²) in [7, 11) is 0. The SMILES string of the molecule is Cc1cc2c(C3CCC(=O)NC3=O)coc2cc1N=C(c1ccccc1)c1ccccc1. The third-order valence-electron chi connectivity index (χ3n) is 5.86. The minimum atomic E-state index is -0.383. The van der Waals surface area contributed by atoms with Crippen molar-refractivity contribution in [2.24, 2.45) is 4.99 Å². The number of carbonyl (C=O) groups excluding carboxylic acids is 2. The number of nitrogens with one attached hydrogen (secondary N) is 1. The average Bonchev–Trinajstić information content (AvgIpc) is 3.21. The van der Waals surface area contributed by atoms with Gasteiger partial charge < -0.3 is 4.42 Å². The van der Waals surface area contributed by atoms with Crippen LogP contribution in [0.15, 0.2) is 88.5 Å². The minimum absolute atomic E-state index is 0.221. The first-order valence-corrected chi connectivity index (χ1v) is 10.6. The van der Waals surface area contributed by atoms with Gasteiger partial charge >= 0.3 is 0 Å². The molecule has 2 amide bonds. The predicted octanol–water partition coefficient (Wildman–Crippen LogP) is 5.43. The first kappa shape index (κ1) is 19.9. The number of aryl methyl sites for hydroxylation is 1. The second-order valence-electron chi connectivity index (χ2n) is 8.02. The van der Waals surface area contributed by atoms with Gasteiger partial charge in [0.15, 0.2) is 0 Å². The Labute approximate surface area is 185 Å². The second kappa shape index (κ2) is 8.27. The summed E-state index contributed by atoms with van der Waals surface area (Å²) in [5.41, 5.74) is 6.22. The number of carbonyl (C=O) groups is 2. The lowest BCUT2D eigenvalue weighted by atomic mass is 9.90. The number of hydrogen-bond donors (Lipinski definition) is 1. The van der Waals surface area contributed by atoms with Crippen LogP contribution < -0.4 is 5.32 Å². The molecule has 1 fully saturated rings. The highest BCUT2D eigenvalue weighted by molar-refractivity contribution is 6.14. The summed E-state index contributed by atoms with van der Waals surface area (Å²) >= 11 is 0. The highest BCUT2D eigenvalue weighted by Crippen LogP contribution is 2.36. The molecule has 0 saturated carbocycles. The number of piperidine rings is 1. The molecule has 1 aromatic heterocycles. The average molecular weight is 422 g/mol. The summed E-state index contributed by atoms with van der Waals surface area (Å²) in [6.07, 6.45) is 2.46. The van der Waals surface area contributed by atoms with Crippen LogP contribution in [0.5, 0.6) is 0 Å². The number of hydrogen-bond acceptors (Lipinski definition) is 4. The highest BCUT2D eigenvalue weighted by Gasteiger charge is 2.30. The number of furan rings is 1. The zero-order chi connectivity index (χ0) is 22.1. The smallest absolute Gasteiger partial charge is 0.234 e. The van der Waals surface area contributed by atoms with E-state index in [1.807, 2.05) is 79.7 Å². The first-order valence-electron chi connectivity index (χ1n) is 10.6. The maximum Gasteiger partial charge on any atom is 0.234 e. The van der Waals surface area contributed by atoms with Crippen molar-refractivity contribution < 1.29 is 14.0 Å². The molecule has 5 rings (SSSR count). The van der Waals surface area contributed by atoms with E-state index in [1.54, 1.807) is 6.26 Å². The van der Waals surface area contributed by atoms with Crippen molar-refractivity contribution in [2.75, 3.05) is 0 Å². The predicted molar refractivity (Wildman–Crippen MR) is 124 cm³/mol. The normalized spacial score (nSPS) is 16.1. The van der Waals surface area contributed by atoms with Crippen LogP contribution in [-0.2, 0) is 9.59 Å². The van der Waals surface area contributed by atoms with Gasteiger partial charge in [-0.3, -0.25) is 14.9 Å². The van der Waals surface area contributed by atoms with E-state index in [9.17, 15) is 9.59 Å². The van der Waals surface area contributed by atoms with Gasteiger partial charge in [0.2, 0.25) is 11.8 Å². The Hall–Kier alpha value is -3.99. The molecule has 1 aliphatic rings. The number of nitrogens with zero attached hydrogens (tertiary/aromatic N) is 1. The molecule has 2 heterocycles. The third-order valence-corrected chi connectivity index (χ3v) is 5.86. The molecule has 1 unspecified atom stereocenters. The van der Waals surface area contributed by atoms with Crippen LogP contribution in [0.3, 0.4) is 0 Å².